The van der Waals surface area contributed by atoms with Crippen LogP contribution in [0.3, 0.4) is 0 Å². The van der Waals surface area contributed by atoms with Crippen LogP contribution in [0, 0.1) is 23.7 Å². The Balaban J connectivity index is 0.000000266. The first-order valence-corrected chi connectivity index (χ1v) is 14.1. The van der Waals surface area contributed by atoms with Gasteiger partial charge in [-0.2, -0.15) is 52.7 Å². The average Bonchev–Trinajstić information content (AvgIpc) is 3.66. The minimum atomic E-state index is -5.83. The second kappa shape index (κ2) is 13.1. The molecule has 1 N–H and O–H groups in total. The zero-order valence-corrected chi connectivity index (χ0v) is 24.7. The Labute approximate surface area is 256 Å². The highest BCUT2D eigenvalue weighted by Crippen LogP contribution is 2.49. The van der Waals surface area contributed by atoms with Crippen molar-refractivity contribution in [3.05, 3.63) is 24.3 Å². The summed E-state index contributed by atoms with van der Waals surface area (Å²) in [5.41, 5.74) is -10.5. The summed E-state index contributed by atoms with van der Waals surface area (Å²) < 4.78 is 174. The van der Waals surface area contributed by atoms with Crippen LogP contribution in [0.2, 0.25) is 0 Å². The van der Waals surface area contributed by atoms with Gasteiger partial charge in [0.1, 0.15) is 12.2 Å². The Morgan fingerprint density at radius 1 is 0.652 bits per heavy atom. The van der Waals surface area contributed by atoms with E-state index in [9.17, 15) is 57.5 Å². The molecule has 6 nitrogen and oxygen atoms in total. The molecule has 4 bridgehead atoms. The number of fused-ring (bicyclic) bond motifs is 4. The third-order valence-corrected chi connectivity index (χ3v) is 8.15. The Morgan fingerprint density at radius 3 is 1.37 bits per heavy atom. The van der Waals surface area contributed by atoms with Crippen LogP contribution in [0.25, 0.3) is 0 Å². The quantitative estimate of drug-likeness (QED) is 0.159. The maximum Gasteiger partial charge on any atom is 0.428 e. The minimum absolute atomic E-state index is 0.105. The van der Waals surface area contributed by atoms with E-state index in [1.54, 1.807) is 12.2 Å². The fourth-order valence-electron chi connectivity index (χ4n) is 5.70. The number of carbonyl (C=O) groups is 1. The summed E-state index contributed by atoms with van der Waals surface area (Å²) in [6.07, 6.45) is -15.4. The van der Waals surface area contributed by atoms with Gasteiger partial charge >= 0.3 is 30.7 Å². The summed E-state index contributed by atoms with van der Waals surface area (Å²) in [4.78, 5) is 11.6. The lowest BCUT2D eigenvalue weighted by atomic mass is 10.0. The number of carbonyl (C=O) groups excluding carboxylic acids is 1. The monoisotopic (exact) mass is 694 g/mol. The summed E-state index contributed by atoms with van der Waals surface area (Å²) in [6.45, 7) is -0.811. The van der Waals surface area contributed by atoms with Crippen LogP contribution in [0.4, 0.5) is 52.7 Å². The molecule has 266 valence electrons. The molecule has 6 unspecified atom stereocenters. The van der Waals surface area contributed by atoms with E-state index >= 15 is 0 Å². The van der Waals surface area contributed by atoms with Gasteiger partial charge in [-0.25, -0.2) is 4.79 Å². The van der Waals surface area contributed by atoms with Gasteiger partial charge in [-0.3, -0.25) is 0 Å². The number of aliphatic hydroxyl groups is 1. The number of ether oxygens (including phenoxy) is 4. The molecule has 0 spiro atoms. The lowest BCUT2D eigenvalue weighted by Gasteiger charge is -2.37. The molecular weight excluding hydrogens is 660 g/mol. The van der Waals surface area contributed by atoms with E-state index in [1.165, 1.54) is 20.8 Å². The largest absolute Gasteiger partial charge is 0.458 e. The lowest BCUT2D eigenvalue weighted by Crippen LogP contribution is -2.62. The van der Waals surface area contributed by atoms with Crippen LogP contribution in [-0.4, -0.2) is 84.6 Å². The zero-order chi connectivity index (χ0) is 35.1. The SMILES string of the molecule is CC(C)(C)OC(=O)COC(COC1CC2C=CC1C2)(C(F)(F)F)C(F)(F)F.OC(COC1CC2C=CC1C2)(C(F)(F)F)C(F)(F)F. The fraction of sp³-hybridized carbons (Fsp3) is 0.821. The van der Waals surface area contributed by atoms with Crippen molar-refractivity contribution in [2.45, 2.75) is 100 Å². The van der Waals surface area contributed by atoms with Crippen LogP contribution < -0.4 is 0 Å². The van der Waals surface area contributed by atoms with Gasteiger partial charge in [-0.15, -0.1) is 0 Å². The average molecular weight is 695 g/mol. The van der Waals surface area contributed by atoms with E-state index in [4.69, 9.17) is 19.3 Å². The van der Waals surface area contributed by atoms with E-state index in [0.717, 1.165) is 0 Å². The Hall–Kier alpha value is -2.05. The number of halogens is 12. The molecule has 4 aliphatic carbocycles. The smallest absolute Gasteiger partial charge is 0.428 e. The normalized spacial score (nSPS) is 28.1. The molecule has 0 aromatic carbocycles. The molecule has 2 saturated carbocycles. The molecular formula is C28H34F12O6. The number of hydrogen-bond donors (Lipinski definition) is 1. The molecule has 0 aliphatic heterocycles. The van der Waals surface area contributed by atoms with Gasteiger partial charge in [0.15, 0.2) is 0 Å². The van der Waals surface area contributed by atoms with Crippen molar-refractivity contribution in [3.63, 3.8) is 0 Å². The molecule has 0 aromatic heterocycles. The second-order valence-electron chi connectivity index (χ2n) is 12.8. The molecule has 0 amide bonds. The van der Waals surface area contributed by atoms with Crippen LogP contribution in [0.5, 0.6) is 0 Å². The van der Waals surface area contributed by atoms with Gasteiger partial charge in [0.05, 0.1) is 25.4 Å². The molecule has 0 saturated heterocycles. The minimum Gasteiger partial charge on any atom is -0.458 e. The number of rotatable bonds is 9. The van der Waals surface area contributed by atoms with Crippen molar-refractivity contribution in [3.8, 4) is 0 Å². The van der Waals surface area contributed by atoms with Gasteiger partial charge < -0.3 is 24.1 Å². The second-order valence-corrected chi connectivity index (χ2v) is 12.8. The summed E-state index contributed by atoms with van der Waals surface area (Å²) in [5.74, 6) is -1.44. The third-order valence-electron chi connectivity index (χ3n) is 8.15. The van der Waals surface area contributed by atoms with Gasteiger partial charge in [0, 0.05) is 11.8 Å². The fourth-order valence-corrected chi connectivity index (χ4v) is 5.70. The number of allylic oxidation sites excluding steroid dienone is 2. The Morgan fingerprint density at radius 2 is 1.07 bits per heavy atom. The molecule has 18 heteroatoms. The lowest BCUT2D eigenvalue weighted by molar-refractivity contribution is -0.391. The first-order chi connectivity index (χ1) is 20.7. The van der Waals surface area contributed by atoms with E-state index in [1.807, 2.05) is 12.2 Å². The maximum atomic E-state index is 13.4. The van der Waals surface area contributed by atoms with Crippen LogP contribution in [-0.2, 0) is 23.7 Å². The van der Waals surface area contributed by atoms with Crippen molar-refractivity contribution in [2.75, 3.05) is 19.8 Å². The molecule has 0 radical (unpaired) electrons. The maximum absolute atomic E-state index is 13.4. The number of alkyl halides is 12. The van der Waals surface area contributed by atoms with Crippen molar-refractivity contribution >= 4 is 5.97 Å². The zero-order valence-electron chi connectivity index (χ0n) is 24.7. The third kappa shape index (κ3) is 8.50. The first kappa shape index (κ1) is 38.4. The van der Waals surface area contributed by atoms with Gasteiger partial charge in [0.25, 0.3) is 11.2 Å². The first-order valence-electron chi connectivity index (χ1n) is 14.1. The Bertz CT molecular complexity index is 1090. The van der Waals surface area contributed by atoms with E-state index in [0.29, 0.717) is 25.7 Å². The van der Waals surface area contributed by atoms with Gasteiger partial charge in [-0.05, 0) is 58.3 Å². The van der Waals surface area contributed by atoms with Crippen molar-refractivity contribution in [1.82, 2.24) is 0 Å². The highest BCUT2D eigenvalue weighted by Gasteiger charge is 2.73. The Kier molecular flexibility index (Phi) is 10.9. The van der Waals surface area contributed by atoms with E-state index < -0.39 is 79.5 Å². The van der Waals surface area contributed by atoms with Crippen molar-refractivity contribution < 1.29 is 81.5 Å². The predicted octanol–water partition coefficient (Wildman–Crippen LogP) is 7.01. The highest BCUT2D eigenvalue weighted by atomic mass is 19.4. The standard InChI is InChI=1S/C17H22F6O4.C11H12F6O2/c1-14(2,3)27-13(24)8-26-15(16(18,19)20,17(21,22)23)9-25-12-7-10-4-5-11(12)6-10;12-10(13,14)9(18,11(15,16)17)5-19-8-4-6-1-2-7(8)3-6/h4-5,10-12H,6-9H2,1-3H3;1-2,6-8,18H,3-5H2. The summed E-state index contributed by atoms with van der Waals surface area (Å²) in [5, 5.41) is 8.92. The topological polar surface area (TPSA) is 74.2 Å². The summed E-state index contributed by atoms with van der Waals surface area (Å²) in [6, 6.07) is 0. The van der Waals surface area contributed by atoms with E-state index in [2.05, 4.69) is 4.74 Å². The van der Waals surface area contributed by atoms with Gasteiger partial charge in [0.2, 0.25) is 0 Å². The van der Waals surface area contributed by atoms with Crippen molar-refractivity contribution in [2.24, 2.45) is 23.7 Å². The molecule has 0 aromatic rings. The van der Waals surface area contributed by atoms with Crippen molar-refractivity contribution in [1.29, 1.82) is 0 Å². The van der Waals surface area contributed by atoms with Gasteiger partial charge in [-0.1, -0.05) is 24.3 Å². The summed E-state index contributed by atoms with van der Waals surface area (Å²) in [7, 11) is 0. The predicted molar refractivity (Wildman–Crippen MR) is 134 cm³/mol. The molecule has 2 fully saturated rings. The molecule has 6 atom stereocenters. The number of hydrogen-bond acceptors (Lipinski definition) is 6. The van der Waals surface area contributed by atoms with Crippen LogP contribution >= 0.6 is 0 Å². The summed E-state index contributed by atoms with van der Waals surface area (Å²) >= 11 is 0. The highest BCUT2D eigenvalue weighted by molar-refractivity contribution is 5.71. The van der Waals surface area contributed by atoms with Crippen LogP contribution in [0.1, 0.15) is 46.5 Å². The van der Waals surface area contributed by atoms with Crippen LogP contribution in [0.15, 0.2) is 24.3 Å². The molecule has 0 heterocycles. The molecule has 4 aliphatic rings. The van der Waals surface area contributed by atoms with E-state index in [-0.39, 0.29) is 23.7 Å². The molecule has 4 rings (SSSR count). The number of esters is 1. The molecule has 46 heavy (non-hydrogen) atoms.